The van der Waals surface area contributed by atoms with Crippen molar-refractivity contribution < 1.29 is 19.4 Å². The van der Waals surface area contributed by atoms with Crippen LogP contribution in [0.25, 0.3) is 0 Å². The molecular weight excluding hydrogens is 234 g/mol. The molecule has 1 aliphatic heterocycles. The second kappa shape index (κ2) is 5.80. The summed E-state index contributed by atoms with van der Waals surface area (Å²) < 4.78 is 4.76. The maximum atomic E-state index is 11.8. The molecule has 0 spiro atoms. The summed E-state index contributed by atoms with van der Waals surface area (Å²) >= 11 is 0. The van der Waals surface area contributed by atoms with Crippen molar-refractivity contribution in [1.29, 1.82) is 0 Å². The molecule has 1 N–H and O–H groups in total. The number of hydrogen-bond acceptors (Lipinski definition) is 4. The molecule has 5 heteroatoms. The summed E-state index contributed by atoms with van der Waals surface area (Å²) in [4.78, 5) is 27.4. The Morgan fingerprint density at radius 2 is 2.00 bits per heavy atom. The molecule has 0 saturated heterocycles. The summed E-state index contributed by atoms with van der Waals surface area (Å²) in [6, 6.07) is 0. The molecular formula is C13H19NO4. The first-order valence-corrected chi connectivity index (χ1v) is 6.07. The minimum Gasteiger partial charge on any atom is -0.481 e. The fourth-order valence-electron chi connectivity index (χ4n) is 2.45. The molecule has 0 amide bonds. The van der Waals surface area contributed by atoms with Crippen LogP contribution in [0.4, 0.5) is 0 Å². The van der Waals surface area contributed by atoms with Gasteiger partial charge in [0.2, 0.25) is 0 Å². The number of rotatable bonds is 4. The third kappa shape index (κ3) is 2.44. The smallest absolute Gasteiger partial charge is 0.335 e. The number of carboxylic acid groups (broad SMARTS) is 1. The molecule has 1 heterocycles. The highest BCUT2D eigenvalue weighted by molar-refractivity contribution is 6.05. The Labute approximate surface area is 107 Å². The lowest BCUT2D eigenvalue weighted by atomic mass is 9.78. The molecule has 0 aromatic heterocycles. The van der Waals surface area contributed by atoms with Crippen LogP contribution in [-0.2, 0) is 14.3 Å². The van der Waals surface area contributed by atoms with Crippen LogP contribution in [0.3, 0.4) is 0 Å². The lowest BCUT2D eigenvalue weighted by Crippen LogP contribution is -2.36. The average molecular weight is 253 g/mol. The van der Waals surface area contributed by atoms with Crippen molar-refractivity contribution in [1.82, 2.24) is 0 Å². The number of allylic oxidation sites excluding steroid dienone is 1. The zero-order valence-electron chi connectivity index (χ0n) is 11.2. The molecule has 18 heavy (non-hydrogen) atoms. The summed E-state index contributed by atoms with van der Waals surface area (Å²) in [5, 5.41) is 9.29. The van der Waals surface area contributed by atoms with Gasteiger partial charge in [0.05, 0.1) is 18.4 Å². The zero-order chi connectivity index (χ0) is 13.9. The van der Waals surface area contributed by atoms with Crippen molar-refractivity contribution in [2.75, 3.05) is 7.11 Å². The Kier molecular flexibility index (Phi) is 4.64. The van der Waals surface area contributed by atoms with E-state index in [-0.39, 0.29) is 5.92 Å². The van der Waals surface area contributed by atoms with Gasteiger partial charge in [-0.05, 0) is 19.8 Å². The normalized spacial score (nSPS) is 23.7. The molecule has 0 radical (unpaired) electrons. The van der Waals surface area contributed by atoms with Crippen LogP contribution < -0.4 is 0 Å². The van der Waals surface area contributed by atoms with E-state index in [1.165, 1.54) is 7.11 Å². The quantitative estimate of drug-likeness (QED) is 0.778. The molecule has 0 saturated carbocycles. The predicted molar refractivity (Wildman–Crippen MR) is 67.3 cm³/mol. The summed E-state index contributed by atoms with van der Waals surface area (Å²) in [5.74, 6) is -2.51. The van der Waals surface area contributed by atoms with E-state index in [9.17, 15) is 14.7 Å². The number of ether oxygens (including phenoxy) is 1. The van der Waals surface area contributed by atoms with E-state index in [0.717, 1.165) is 0 Å². The van der Waals surface area contributed by atoms with E-state index < -0.39 is 17.9 Å². The van der Waals surface area contributed by atoms with E-state index in [2.05, 4.69) is 4.99 Å². The van der Waals surface area contributed by atoms with Gasteiger partial charge in [-0.25, -0.2) is 4.79 Å². The van der Waals surface area contributed by atoms with Gasteiger partial charge in [-0.3, -0.25) is 9.79 Å². The van der Waals surface area contributed by atoms with Crippen molar-refractivity contribution in [3.8, 4) is 0 Å². The number of nitrogens with zero attached hydrogens (tertiary/aromatic N) is 1. The first-order valence-electron chi connectivity index (χ1n) is 6.07. The molecule has 0 aliphatic carbocycles. The van der Waals surface area contributed by atoms with Gasteiger partial charge >= 0.3 is 11.9 Å². The molecule has 0 bridgehead atoms. The molecule has 1 aliphatic rings. The van der Waals surface area contributed by atoms with Crippen LogP contribution in [-0.4, -0.2) is 29.9 Å². The predicted octanol–water partition coefficient (Wildman–Crippen LogP) is 2.03. The van der Waals surface area contributed by atoms with Crippen molar-refractivity contribution >= 4 is 17.7 Å². The molecule has 0 aromatic carbocycles. The van der Waals surface area contributed by atoms with Gasteiger partial charge in [0.25, 0.3) is 0 Å². The van der Waals surface area contributed by atoms with Crippen molar-refractivity contribution in [2.45, 2.75) is 33.6 Å². The van der Waals surface area contributed by atoms with Gasteiger partial charge in [-0.15, -0.1) is 0 Å². The highest BCUT2D eigenvalue weighted by atomic mass is 16.5. The largest absolute Gasteiger partial charge is 0.481 e. The van der Waals surface area contributed by atoms with Crippen molar-refractivity contribution in [3.05, 3.63) is 11.3 Å². The number of carbonyl (C=O) groups is 2. The molecule has 100 valence electrons. The van der Waals surface area contributed by atoms with Gasteiger partial charge in [-0.2, -0.15) is 0 Å². The standard InChI is InChI=1S/C13H19NO4/c1-5-8-10(12(15)16)7(3)14-9(6-2)11(8)13(17)18-4/h8,10H,5-6H2,1-4H3,(H,15,16). The Morgan fingerprint density at radius 1 is 1.39 bits per heavy atom. The topological polar surface area (TPSA) is 76.0 Å². The number of methoxy groups -OCH3 is 1. The van der Waals surface area contributed by atoms with Gasteiger partial charge < -0.3 is 9.84 Å². The van der Waals surface area contributed by atoms with Crippen LogP contribution in [0, 0.1) is 11.8 Å². The number of aliphatic imine (C=N–C) groups is 1. The Hall–Kier alpha value is -1.65. The average Bonchev–Trinajstić information content (AvgIpc) is 2.35. The fraction of sp³-hybridized carbons (Fsp3) is 0.615. The first-order chi connectivity index (χ1) is 8.47. The minimum atomic E-state index is -0.945. The number of carbonyl (C=O) groups excluding carboxylic acids is 1. The van der Waals surface area contributed by atoms with Crippen molar-refractivity contribution in [2.24, 2.45) is 16.8 Å². The van der Waals surface area contributed by atoms with E-state index in [1.54, 1.807) is 6.92 Å². The molecule has 2 atom stereocenters. The zero-order valence-corrected chi connectivity index (χ0v) is 11.2. The number of hydrogen-bond donors (Lipinski definition) is 1. The van der Waals surface area contributed by atoms with Crippen molar-refractivity contribution in [3.63, 3.8) is 0 Å². The van der Waals surface area contributed by atoms with Gasteiger partial charge in [0.1, 0.15) is 5.92 Å². The highest BCUT2D eigenvalue weighted by Gasteiger charge is 2.39. The lowest BCUT2D eigenvalue weighted by molar-refractivity contribution is -0.141. The second-order valence-electron chi connectivity index (χ2n) is 4.29. The maximum absolute atomic E-state index is 11.8. The lowest BCUT2D eigenvalue weighted by Gasteiger charge is -2.29. The van der Waals surface area contributed by atoms with E-state index >= 15 is 0 Å². The Bertz CT molecular complexity index is 423. The summed E-state index contributed by atoms with van der Waals surface area (Å²) in [6.45, 7) is 5.46. The summed E-state index contributed by atoms with van der Waals surface area (Å²) in [6.07, 6.45) is 1.16. The highest BCUT2D eigenvalue weighted by Crippen LogP contribution is 2.35. The maximum Gasteiger partial charge on any atom is 0.335 e. The number of esters is 1. The van der Waals surface area contributed by atoms with E-state index in [1.807, 2.05) is 13.8 Å². The van der Waals surface area contributed by atoms with Gasteiger partial charge in [0, 0.05) is 11.6 Å². The number of aliphatic carboxylic acids is 1. The van der Waals surface area contributed by atoms with E-state index in [4.69, 9.17) is 4.74 Å². The summed E-state index contributed by atoms with van der Waals surface area (Å²) in [5.41, 5.74) is 1.61. The second-order valence-corrected chi connectivity index (χ2v) is 4.29. The van der Waals surface area contributed by atoms with Crippen LogP contribution in [0.2, 0.25) is 0 Å². The van der Waals surface area contributed by atoms with Crippen LogP contribution in [0.1, 0.15) is 33.6 Å². The van der Waals surface area contributed by atoms with Crippen LogP contribution in [0.5, 0.6) is 0 Å². The van der Waals surface area contributed by atoms with E-state index in [0.29, 0.717) is 29.8 Å². The first kappa shape index (κ1) is 14.4. The summed E-state index contributed by atoms with van der Waals surface area (Å²) in [7, 11) is 1.30. The molecule has 0 fully saturated rings. The molecule has 1 rings (SSSR count). The van der Waals surface area contributed by atoms with Gasteiger partial charge in [0.15, 0.2) is 0 Å². The molecule has 5 nitrogen and oxygen atoms in total. The van der Waals surface area contributed by atoms with Crippen LogP contribution in [0.15, 0.2) is 16.3 Å². The monoisotopic (exact) mass is 253 g/mol. The minimum absolute atomic E-state index is 0.359. The Balaban J connectivity index is 3.35. The Morgan fingerprint density at radius 3 is 2.39 bits per heavy atom. The molecule has 0 aromatic rings. The fourth-order valence-corrected chi connectivity index (χ4v) is 2.45. The SMILES string of the molecule is CCC1=C(C(=O)OC)C(CC)C(C(=O)O)C(C)=N1. The third-order valence-corrected chi connectivity index (χ3v) is 3.29. The van der Waals surface area contributed by atoms with Gasteiger partial charge in [-0.1, -0.05) is 13.8 Å². The molecule has 2 unspecified atom stereocenters. The third-order valence-electron chi connectivity index (χ3n) is 3.29. The number of carboxylic acids is 1. The van der Waals surface area contributed by atoms with Crippen LogP contribution >= 0.6 is 0 Å².